The number of carboxylic acids is 1. The number of ether oxygens (including phenoxy) is 1. The quantitative estimate of drug-likeness (QED) is 0.208. The summed E-state index contributed by atoms with van der Waals surface area (Å²) in [4.78, 5) is 27.6. The van der Waals surface area contributed by atoms with Gasteiger partial charge in [-0.15, -0.1) is 0 Å². The summed E-state index contributed by atoms with van der Waals surface area (Å²) < 4.78 is 31.0. The van der Waals surface area contributed by atoms with Crippen LogP contribution in [0.3, 0.4) is 0 Å². The second-order valence-electron chi connectivity index (χ2n) is 22.5. The van der Waals surface area contributed by atoms with E-state index in [1.54, 1.807) is 0 Å². The molecule has 0 bridgehead atoms. The van der Waals surface area contributed by atoms with Gasteiger partial charge in [0.1, 0.15) is 6.10 Å². The molecular formula is C45H76N2O7S. The molecule has 1 heterocycles. The zero-order valence-electron chi connectivity index (χ0n) is 36.0. The first-order valence-corrected chi connectivity index (χ1v) is 24.1. The lowest BCUT2D eigenvalue weighted by Crippen LogP contribution is -2.69. The predicted octanol–water partition coefficient (Wildman–Crippen LogP) is 7.20. The highest BCUT2D eigenvalue weighted by molar-refractivity contribution is 7.91. The molecule has 7 fully saturated rings. The van der Waals surface area contributed by atoms with Crippen molar-refractivity contribution in [1.82, 2.24) is 10.2 Å². The number of carboxylic acid groups (broad SMARTS) is 1. The Morgan fingerprint density at radius 3 is 2.07 bits per heavy atom. The van der Waals surface area contributed by atoms with Crippen LogP contribution < -0.4 is 5.32 Å². The number of esters is 1. The van der Waals surface area contributed by atoms with Gasteiger partial charge in [0.15, 0.2) is 9.84 Å². The summed E-state index contributed by atoms with van der Waals surface area (Å²) in [6.45, 7) is 24.9. The third kappa shape index (κ3) is 6.40. The van der Waals surface area contributed by atoms with Crippen LogP contribution in [0, 0.1) is 74.4 Å². The molecule has 6 aliphatic carbocycles. The van der Waals surface area contributed by atoms with Gasteiger partial charge in [-0.1, -0.05) is 62.3 Å². The van der Waals surface area contributed by atoms with Crippen molar-refractivity contribution in [3.05, 3.63) is 0 Å². The number of nitrogens with one attached hydrogen (secondary N) is 1. The van der Waals surface area contributed by atoms with Crippen LogP contribution in [0.4, 0.5) is 0 Å². The maximum Gasteiger partial charge on any atom is 0.309 e. The van der Waals surface area contributed by atoms with E-state index in [4.69, 9.17) is 4.74 Å². The summed E-state index contributed by atoms with van der Waals surface area (Å²) in [6.07, 6.45) is 11.2. The Morgan fingerprint density at radius 1 is 0.800 bits per heavy atom. The van der Waals surface area contributed by atoms with Crippen LogP contribution >= 0.6 is 0 Å². The largest absolute Gasteiger partial charge is 0.481 e. The molecular weight excluding hydrogens is 713 g/mol. The number of fused-ring (bicyclic) bond motifs is 7. The Labute approximate surface area is 333 Å². The van der Waals surface area contributed by atoms with Gasteiger partial charge in [0.2, 0.25) is 0 Å². The average molecular weight is 789 g/mol. The number of carbonyl (C=O) groups is 2. The molecule has 10 heteroatoms. The van der Waals surface area contributed by atoms with Gasteiger partial charge >= 0.3 is 11.9 Å². The van der Waals surface area contributed by atoms with E-state index in [-0.39, 0.29) is 62.7 Å². The van der Waals surface area contributed by atoms with Crippen LogP contribution in [0.2, 0.25) is 0 Å². The lowest BCUT2D eigenvalue weighted by Gasteiger charge is -2.73. The summed E-state index contributed by atoms with van der Waals surface area (Å²) in [6, 6.07) is -0.0972. The number of sulfone groups is 1. The number of nitrogens with zero attached hydrogens (tertiary/aromatic N) is 1. The van der Waals surface area contributed by atoms with Crippen molar-refractivity contribution >= 4 is 21.8 Å². The summed E-state index contributed by atoms with van der Waals surface area (Å²) >= 11 is 0. The number of carbonyl (C=O) groups excluding carboxylic acids is 1. The molecule has 314 valence electrons. The van der Waals surface area contributed by atoms with E-state index in [2.05, 4.69) is 58.7 Å². The standard InChI is InChI=1S/C45H76N2O7S/c1-27(2)29-13-18-45(46-26-33(28(3)48)47-21-23-55(52,53)24-22-47)20-19-43(9)30(37(29)45)11-12-35-42(8)16-15-36(41(6,7)34(42)14-17-44(35,43)10)54-39(51)32-25-31(38(49)50)40(32,4)5/h27-37,46,48H,11-26H2,1-10H3,(H,49,50)/t28-,29-,30+,31+,32-,33-,34-,35+,36-,37+,42-,43+,44+,45-/m0/s1. The number of hydrogen-bond acceptors (Lipinski definition) is 8. The van der Waals surface area contributed by atoms with Gasteiger partial charge in [-0.3, -0.25) is 14.5 Å². The fraction of sp³-hybridized carbons (Fsp3) is 0.956. The van der Waals surface area contributed by atoms with Crippen molar-refractivity contribution in [3.8, 4) is 0 Å². The van der Waals surface area contributed by atoms with Gasteiger partial charge in [-0.25, -0.2) is 8.42 Å². The maximum absolute atomic E-state index is 13.6. The molecule has 0 spiro atoms. The second-order valence-corrected chi connectivity index (χ2v) is 24.8. The minimum absolute atomic E-state index is 0.0435. The molecule has 0 amide bonds. The number of aliphatic carboxylic acids is 1. The van der Waals surface area contributed by atoms with Gasteiger partial charge in [0.05, 0.1) is 29.4 Å². The minimum atomic E-state index is -2.99. The molecule has 0 aromatic carbocycles. The number of rotatable bonds is 9. The number of aliphatic hydroxyl groups excluding tert-OH is 1. The molecule has 0 radical (unpaired) electrons. The van der Waals surface area contributed by atoms with E-state index >= 15 is 0 Å². The van der Waals surface area contributed by atoms with E-state index < -0.39 is 33.2 Å². The Balaban J connectivity index is 1.10. The van der Waals surface area contributed by atoms with Crippen molar-refractivity contribution in [3.63, 3.8) is 0 Å². The van der Waals surface area contributed by atoms with E-state index in [0.717, 1.165) is 25.7 Å². The molecule has 6 saturated carbocycles. The fourth-order valence-electron chi connectivity index (χ4n) is 15.8. The first kappa shape index (κ1) is 41.9. The molecule has 3 N–H and O–H groups in total. The molecule has 0 aromatic rings. The zero-order valence-corrected chi connectivity index (χ0v) is 36.8. The zero-order chi connectivity index (χ0) is 40.3. The van der Waals surface area contributed by atoms with Gasteiger partial charge in [-0.05, 0) is 135 Å². The molecule has 7 aliphatic rings. The smallest absolute Gasteiger partial charge is 0.309 e. The molecule has 0 unspecified atom stereocenters. The van der Waals surface area contributed by atoms with E-state index in [1.807, 2.05) is 20.8 Å². The third-order valence-electron chi connectivity index (χ3n) is 19.5. The molecule has 55 heavy (non-hydrogen) atoms. The molecule has 9 nitrogen and oxygen atoms in total. The van der Waals surface area contributed by atoms with Crippen LogP contribution in [-0.2, 0) is 24.2 Å². The monoisotopic (exact) mass is 789 g/mol. The Kier molecular flexibility index (Phi) is 10.6. The topological polar surface area (TPSA) is 133 Å². The lowest BCUT2D eigenvalue weighted by molar-refractivity contribution is -0.249. The highest BCUT2D eigenvalue weighted by Gasteiger charge is 2.71. The molecule has 14 atom stereocenters. The van der Waals surface area contributed by atoms with Gasteiger partial charge in [0, 0.05) is 36.6 Å². The highest BCUT2D eigenvalue weighted by atomic mass is 32.2. The molecule has 1 aliphatic heterocycles. The Morgan fingerprint density at radius 2 is 1.47 bits per heavy atom. The number of hydrogen-bond donors (Lipinski definition) is 3. The van der Waals surface area contributed by atoms with Gasteiger partial charge in [-0.2, -0.15) is 0 Å². The first-order chi connectivity index (χ1) is 25.5. The first-order valence-electron chi connectivity index (χ1n) is 22.3. The van der Waals surface area contributed by atoms with E-state index in [9.17, 15) is 28.2 Å². The Hall–Kier alpha value is -1.23. The predicted molar refractivity (Wildman–Crippen MR) is 216 cm³/mol. The van der Waals surface area contributed by atoms with Crippen LogP contribution in [0.15, 0.2) is 0 Å². The van der Waals surface area contributed by atoms with Crippen molar-refractivity contribution in [1.29, 1.82) is 0 Å². The second kappa shape index (κ2) is 13.9. The van der Waals surface area contributed by atoms with Crippen LogP contribution in [0.5, 0.6) is 0 Å². The summed E-state index contributed by atoms with van der Waals surface area (Å²) in [5, 5.41) is 24.9. The van der Waals surface area contributed by atoms with Crippen LogP contribution in [-0.4, -0.2) is 90.4 Å². The normalized spacial score (nSPS) is 46.9. The molecule has 1 saturated heterocycles. The van der Waals surface area contributed by atoms with Crippen molar-refractivity contribution < 1.29 is 33.0 Å². The van der Waals surface area contributed by atoms with Crippen molar-refractivity contribution in [2.45, 2.75) is 164 Å². The summed E-state index contributed by atoms with van der Waals surface area (Å²) in [5.74, 6) is 2.01. The van der Waals surface area contributed by atoms with Gasteiger partial charge in [0.25, 0.3) is 0 Å². The molecule has 0 aromatic heterocycles. The summed E-state index contributed by atoms with van der Waals surface area (Å²) in [7, 11) is -2.99. The average Bonchev–Trinajstić information content (AvgIpc) is 3.46. The SMILES string of the molecule is CC(C)[C@@H]1CC[C@]2(NC[C@@H]([C@H](C)O)N3CCS(=O)(=O)CC3)CC[C@]3(C)[C@H](CC[C@@H]4[C@@]5(C)CC[C@H](OC(=O)[C@@H]6C[C@H](C(=O)O)C6(C)C)C(C)(C)[C@@H]5CC[C@]43C)[C@@H]12. The molecule has 7 rings (SSSR count). The minimum Gasteiger partial charge on any atom is -0.481 e. The Bertz CT molecular complexity index is 1600. The van der Waals surface area contributed by atoms with E-state index in [1.165, 1.54) is 38.5 Å². The maximum atomic E-state index is 13.6. The van der Waals surface area contributed by atoms with Crippen molar-refractivity contribution in [2.75, 3.05) is 31.1 Å². The van der Waals surface area contributed by atoms with Gasteiger partial charge < -0.3 is 20.3 Å². The number of aliphatic hydroxyl groups is 1. The van der Waals surface area contributed by atoms with Crippen LogP contribution in [0.1, 0.15) is 140 Å². The van der Waals surface area contributed by atoms with Crippen LogP contribution in [0.25, 0.3) is 0 Å². The highest BCUT2D eigenvalue weighted by Crippen LogP contribution is 2.76. The third-order valence-corrected chi connectivity index (χ3v) is 21.1. The van der Waals surface area contributed by atoms with Crippen molar-refractivity contribution in [2.24, 2.45) is 74.4 Å². The van der Waals surface area contributed by atoms with E-state index in [0.29, 0.717) is 61.6 Å². The summed E-state index contributed by atoms with van der Waals surface area (Å²) in [5.41, 5.74) is -0.131. The lowest BCUT2D eigenvalue weighted by atomic mass is 9.32. The fourth-order valence-corrected chi connectivity index (χ4v) is 17.1.